The lowest BCUT2D eigenvalue weighted by Gasteiger charge is -2.20. The second kappa shape index (κ2) is 7.14. The zero-order valence-electron chi connectivity index (χ0n) is 11.8. The number of thioether (sulfide) groups is 1. The fourth-order valence-corrected chi connectivity index (χ4v) is 3.68. The molecule has 0 aromatic heterocycles. The Kier molecular flexibility index (Phi) is 4.98. The van der Waals surface area contributed by atoms with Crippen LogP contribution >= 0.6 is 11.8 Å². The van der Waals surface area contributed by atoms with Crippen molar-refractivity contribution in [1.82, 2.24) is 5.32 Å². The molecular formula is C16H22N2OS. The van der Waals surface area contributed by atoms with Crippen LogP contribution in [0.2, 0.25) is 0 Å². The fraction of sp³-hybridized carbons (Fsp3) is 0.562. The first-order chi connectivity index (χ1) is 9.90. The molecule has 2 aliphatic heterocycles. The molecule has 2 fully saturated rings. The molecule has 108 valence electrons. The third-order valence-electron chi connectivity index (χ3n) is 3.82. The van der Waals surface area contributed by atoms with Gasteiger partial charge < -0.3 is 10.1 Å². The largest absolute Gasteiger partial charge is 0.381 e. The molecule has 2 atom stereocenters. The van der Waals surface area contributed by atoms with E-state index in [1.807, 2.05) is 11.8 Å². The topological polar surface area (TPSA) is 33.6 Å². The molecule has 20 heavy (non-hydrogen) atoms. The SMILES string of the molecule is c1ccc(CC2CSC(=NCC3CCCOC3)N2)cc1. The van der Waals surface area contributed by atoms with E-state index >= 15 is 0 Å². The molecule has 2 aliphatic rings. The molecule has 2 saturated heterocycles. The van der Waals surface area contributed by atoms with Crippen LogP contribution in [0.5, 0.6) is 0 Å². The van der Waals surface area contributed by atoms with Gasteiger partial charge in [0.15, 0.2) is 5.17 Å². The summed E-state index contributed by atoms with van der Waals surface area (Å²) in [5.41, 5.74) is 1.40. The Bertz CT molecular complexity index is 443. The molecule has 1 N–H and O–H groups in total. The highest BCUT2D eigenvalue weighted by Gasteiger charge is 2.21. The Hall–Kier alpha value is -1.00. The van der Waals surface area contributed by atoms with Gasteiger partial charge in [-0.05, 0) is 24.8 Å². The molecule has 0 amide bonds. The summed E-state index contributed by atoms with van der Waals surface area (Å²) in [7, 11) is 0. The van der Waals surface area contributed by atoms with Gasteiger partial charge in [0.2, 0.25) is 0 Å². The minimum atomic E-state index is 0.517. The van der Waals surface area contributed by atoms with Crippen molar-refractivity contribution >= 4 is 16.9 Å². The lowest BCUT2D eigenvalue weighted by atomic mass is 10.0. The molecule has 0 radical (unpaired) electrons. The fourth-order valence-electron chi connectivity index (χ4n) is 2.70. The molecule has 2 unspecified atom stereocenters. The van der Waals surface area contributed by atoms with Gasteiger partial charge in [0.1, 0.15) is 0 Å². The summed E-state index contributed by atoms with van der Waals surface area (Å²) < 4.78 is 5.50. The van der Waals surface area contributed by atoms with Crippen LogP contribution in [-0.2, 0) is 11.2 Å². The van der Waals surface area contributed by atoms with Gasteiger partial charge in [-0.25, -0.2) is 0 Å². The van der Waals surface area contributed by atoms with Gasteiger partial charge in [-0.15, -0.1) is 0 Å². The average molecular weight is 290 g/mol. The lowest BCUT2D eigenvalue weighted by molar-refractivity contribution is 0.0582. The summed E-state index contributed by atoms with van der Waals surface area (Å²) in [6, 6.07) is 11.2. The van der Waals surface area contributed by atoms with Crippen LogP contribution in [-0.4, -0.2) is 36.7 Å². The van der Waals surface area contributed by atoms with Gasteiger partial charge in [0.25, 0.3) is 0 Å². The number of amidine groups is 1. The van der Waals surface area contributed by atoms with Crippen LogP contribution in [0.15, 0.2) is 35.3 Å². The van der Waals surface area contributed by atoms with Gasteiger partial charge in [-0.2, -0.15) is 0 Å². The monoisotopic (exact) mass is 290 g/mol. The summed E-state index contributed by atoms with van der Waals surface area (Å²) in [4.78, 5) is 4.73. The number of ether oxygens (including phenoxy) is 1. The standard InChI is InChI=1S/C16H22N2OS/c1-2-5-13(6-3-1)9-15-12-20-16(18-15)17-10-14-7-4-8-19-11-14/h1-3,5-6,14-15H,4,7-12H2,(H,17,18). The molecular weight excluding hydrogens is 268 g/mol. The van der Waals surface area contributed by atoms with Crippen LogP contribution in [0.25, 0.3) is 0 Å². The highest BCUT2D eigenvalue weighted by molar-refractivity contribution is 8.14. The number of nitrogens with zero attached hydrogens (tertiary/aromatic N) is 1. The Morgan fingerprint density at radius 2 is 2.20 bits per heavy atom. The van der Waals surface area contributed by atoms with E-state index in [2.05, 4.69) is 35.6 Å². The molecule has 1 aromatic rings. The molecule has 2 heterocycles. The zero-order valence-corrected chi connectivity index (χ0v) is 12.6. The molecule has 3 nitrogen and oxygen atoms in total. The number of nitrogens with one attached hydrogen (secondary N) is 1. The summed E-state index contributed by atoms with van der Waals surface area (Å²) in [5, 5.41) is 4.67. The normalized spacial score (nSPS) is 28.5. The smallest absolute Gasteiger partial charge is 0.156 e. The Balaban J connectivity index is 1.46. The quantitative estimate of drug-likeness (QED) is 0.925. The predicted octanol–water partition coefficient (Wildman–Crippen LogP) is 2.72. The second-order valence-corrected chi connectivity index (χ2v) is 6.58. The summed E-state index contributed by atoms with van der Waals surface area (Å²) in [6.45, 7) is 2.72. The molecule has 0 saturated carbocycles. The Morgan fingerprint density at radius 3 is 3.00 bits per heavy atom. The Morgan fingerprint density at radius 1 is 1.30 bits per heavy atom. The van der Waals surface area contributed by atoms with E-state index in [1.54, 1.807) is 0 Å². The van der Waals surface area contributed by atoms with Crippen LogP contribution in [0, 0.1) is 5.92 Å². The van der Waals surface area contributed by atoms with Crippen LogP contribution < -0.4 is 5.32 Å². The van der Waals surface area contributed by atoms with Crippen molar-refractivity contribution in [2.24, 2.45) is 10.9 Å². The highest BCUT2D eigenvalue weighted by Crippen LogP contribution is 2.19. The van der Waals surface area contributed by atoms with Gasteiger partial charge in [0, 0.05) is 30.9 Å². The van der Waals surface area contributed by atoms with E-state index in [1.165, 1.54) is 18.4 Å². The number of aliphatic imine (C=N–C) groups is 1. The van der Waals surface area contributed by atoms with E-state index in [-0.39, 0.29) is 0 Å². The number of hydrogen-bond acceptors (Lipinski definition) is 3. The first kappa shape index (κ1) is 14.0. The van der Waals surface area contributed by atoms with Crippen LogP contribution in [0.3, 0.4) is 0 Å². The highest BCUT2D eigenvalue weighted by atomic mass is 32.2. The van der Waals surface area contributed by atoms with Gasteiger partial charge in [0.05, 0.1) is 6.61 Å². The Labute approximate surface area is 125 Å². The van der Waals surface area contributed by atoms with Gasteiger partial charge in [-0.1, -0.05) is 42.1 Å². The first-order valence-electron chi connectivity index (χ1n) is 7.45. The number of benzene rings is 1. The van der Waals surface area contributed by atoms with Crippen molar-refractivity contribution in [2.75, 3.05) is 25.5 Å². The van der Waals surface area contributed by atoms with Crippen molar-refractivity contribution in [3.63, 3.8) is 0 Å². The first-order valence-corrected chi connectivity index (χ1v) is 8.44. The summed E-state index contributed by atoms with van der Waals surface area (Å²) in [6.07, 6.45) is 3.53. The van der Waals surface area contributed by atoms with Gasteiger partial charge >= 0.3 is 0 Å². The maximum Gasteiger partial charge on any atom is 0.156 e. The zero-order chi connectivity index (χ0) is 13.6. The molecule has 0 spiro atoms. The van der Waals surface area contributed by atoms with Crippen LogP contribution in [0.4, 0.5) is 0 Å². The third kappa shape index (κ3) is 4.00. The summed E-state index contributed by atoms with van der Waals surface area (Å²) >= 11 is 1.86. The molecule has 4 heteroatoms. The second-order valence-electron chi connectivity index (χ2n) is 5.57. The van der Waals surface area contributed by atoms with Gasteiger partial charge in [-0.3, -0.25) is 4.99 Å². The minimum Gasteiger partial charge on any atom is -0.381 e. The third-order valence-corrected chi connectivity index (χ3v) is 4.91. The predicted molar refractivity (Wildman–Crippen MR) is 85.4 cm³/mol. The van der Waals surface area contributed by atoms with E-state index in [0.717, 1.165) is 37.1 Å². The lowest BCUT2D eigenvalue weighted by Crippen LogP contribution is -2.29. The molecule has 0 bridgehead atoms. The maximum atomic E-state index is 5.50. The van der Waals surface area contributed by atoms with Crippen molar-refractivity contribution < 1.29 is 4.74 Å². The van der Waals surface area contributed by atoms with Crippen molar-refractivity contribution in [2.45, 2.75) is 25.3 Å². The van der Waals surface area contributed by atoms with Crippen molar-refractivity contribution in [3.8, 4) is 0 Å². The van der Waals surface area contributed by atoms with Crippen molar-refractivity contribution in [1.29, 1.82) is 0 Å². The molecule has 3 rings (SSSR count). The number of hydrogen-bond donors (Lipinski definition) is 1. The maximum absolute atomic E-state index is 5.50. The molecule has 0 aliphatic carbocycles. The average Bonchev–Trinajstić information content (AvgIpc) is 2.95. The van der Waals surface area contributed by atoms with Crippen molar-refractivity contribution in [3.05, 3.63) is 35.9 Å². The van der Waals surface area contributed by atoms with Crippen LogP contribution in [0.1, 0.15) is 18.4 Å². The van der Waals surface area contributed by atoms with E-state index < -0.39 is 0 Å². The van der Waals surface area contributed by atoms with E-state index in [9.17, 15) is 0 Å². The summed E-state index contributed by atoms with van der Waals surface area (Å²) in [5.74, 6) is 1.74. The minimum absolute atomic E-state index is 0.517. The van der Waals surface area contributed by atoms with E-state index in [0.29, 0.717) is 12.0 Å². The molecule has 1 aromatic carbocycles. The number of rotatable bonds is 4. The van der Waals surface area contributed by atoms with E-state index in [4.69, 9.17) is 9.73 Å².